The summed E-state index contributed by atoms with van der Waals surface area (Å²) in [5.74, 6) is -1.57. The maximum atomic E-state index is 13.6. The predicted octanol–water partition coefficient (Wildman–Crippen LogP) is 2.39. The number of carbonyl (C=O) groups is 1. The molecule has 2 atom stereocenters. The highest BCUT2D eigenvalue weighted by Crippen LogP contribution is 2.48. The molecule has 5 N–H and O–H groups in total. The van der Waals surface area contributed by atoms with Crippen LogP contribution in [0.1, 0.15) is 18.2 Å². The van der Waals surface area contributed by atoms with E-state index in [9.17, 15) is 27.5 Å². The number of nitrogens with zero attached hydrogens (tertiary/aromatic N) is 1. The van der Waals surface area contributed by atoms with Crippen molar-refractivity contribution >= 4 is 17.5 Å². The summed E-state index contributed by atoms with van der Waals surface area (Å²) in [5, 5.41) is 10.1. The molecule has 0 aliphatic carbocycles. The third kappa shape index (κ3) is 3.21. The fourth-order valence-electron chi connectivity index (χ4n) is 3.03. The molecule has 0 bridgehead atoms. The van der Waals surface area contributed by atoms with E-state index in [4.69, 9.17) is 27.8 Å². The highest BCUT2D eigenvalue weighted by molar-refractivity contribution is 6.33. The van der Waals surface area contributed by atoms with E-state index in [0.717, 1.165) is 18.2 Å². The van der Waals surface area contributed by atoms with Gasteiger partial charge in [-0.05, 0) is 31.2 Å². The summed E-state index contributed by atoms with van der Waals surface area (Å²) in [6, 6.07) is 4.07. The van der Waals surface area contributed by atoms with Crippen LogP contribution in [-0.2, 0) is 15.8 Å². The third-order valence-electron chi connectivity index (χ3n) is 4.99. The van der Waals surface area contributed by atoms with E-state index in [1.807, 2.05) is 0 Å². The maximum Gasteiger partial charge on any atom is 0.424 e. The Hall–Kier alpha value is -2.43. The van der Waals surface area contributed by atoms with Gasteiger partial charge in [0.15, 0.2) is 0 Å². The molecule has 2 aromatic rings. The molecule has 1 aromatic heterocycles. The van der Waals surface area contributed by atoms with Crippen LogP contribution in [-0.4, -0.2) is 35.3 Å². The van der Waals surface area contributed by atoms with E-state index in [1.54, 1.807) is 0 Å². The van der Waals surface area contributed by atoms with Gasteiger partial charge in [-0.2, -0.15) is 13.2 Å². The molecule has 6 nitrogen and oxygen atoms in total. The number of benzene rings is 1. The Balaban J connectivity index is 2.38. The number of hydrogen-bond acceptors (Lipinski definition) is 5. The van der Waals surface area contributed by atoms with Crippen LogP contribution in [0.2, 0.25) is 5.02 Å². The Labute approximate surface area is 167 Å². The summed E-state index contributed by atoms with van der Waals surface area (Å²) in [4.78, 5) is 15.9. The molecule has 3 rings (SSSR count). The first-order chi connectivity index (χ1) is 13.3. The van der Waals surface area contributed by atoms with Crippen LogP contribution in [0.25, 0.3) is 11.3 Å². The molecule has 156 valence electrons. The number of ether oxygens (including phenoxy) is 1. The topological polar surface area (TPSA) is 111 Å². The van der Waals surface area contributed by atoms with Crippen LogP contribution in [0, 0.1) is 5.82 Å². The van der Waals surface area contributed by atoms with Gasteiger partial charge < -0.3 is 21.3 Å². The Bertz CT molecular complexity index is 1000. The van der Waals surface area contributed by atoms with Gasteiger partial charge in [0.05, 0.1) is 10.7 Å². The number of pyridine rings is 1. The molecule has 0 spiro atoms. The lowest BCUT2D eigenvalue weighted by atomic mass is 9.82. The standard InChI is InChI=1S/C18H16ClF4N3O3/c1-16(15(25)27)7-29-14-10(16)5-12(17(28,6-24)18(21,22)23)26-13(14)9-3-2-8(20)4-11(9)19/h2-5,28H,6-7,24H2,1H3,(H2,25,27)/t16-,17-/m0/s1. The van der Waals surface area contributed by atoms with Crippen molar-refractivity contribution in [1.29, 1.82) is 0 Å². The maximum absolute atomic E-state index is 13.6. The smallest absolute Gasteiger partial charge is 0.424 e. The molecule has 0 radical (unpaired) electrons. The zero-order chi connectivity index (χ0) is 21.8. The zero-order valence-electron chi connectivity index (χ0n) is 15.0. The second kappa shape index (κ2) is 6.82. The van der Waals surface area contributed by atoms with Crippen LogP contribution in [0.5, 0.6) is 5.75 Å². The summed E-state index contributed by atoms with van der Waals surface area (Å²) >= 11 is 6.05. The summed E-state index contributed by atoms with van der Waals surface area (Å²) in [5.41, 5.74) is 4.63. The number of rotatable bonds is 4. The van der Waals surface area contributed by atoms with Gasteiger partial charge in [0.2, 0.25) is 11.5 Å². The van der Waals surface area contributed by atoms with E-state index in [1.165, 1.54) is 13.0 Å². The molecule has 1 aliphatic rings. The summed E-state index contributed by atoms with van der Waals surface area (Å²) in [6.45, 7) is -0.106. The molecule has 1 aliphatic heterocycles. The van der Waals surface area contributed by atoms with Gasteiger partial charge >= 0.3 is 6.18 Å². The van der Waals surface area contributed by atoms with Crippen LogP contribution in [0.4, 0.5) is 17.6 Å². The van der Waals surface area contributed by atoms with Gasteiger partial charge in [0, 0.05) is 17.7 Å². The van der Waals surface area contributed by atoms with Crippen LogP contribution < -0.4 is 16.2 Å². The Morgan fingerprint density at radius 3 is 2.55 bits per heavy atom. The molecule has 29 heavy (non-hydrogen) atoms. The molecule has 11 heteroatoms. The van der Waals surface area contributed by atoms with Crippen LogP contribution in [0.3, 0.4) is 0 Å². The number of halogens is 5. The number of hydrogen-bond donors (Lipinski definition) is 3. The van der Waals surface area contributed by atoms with Crippen LogP contribution >= 0.6 is 11.6 Å². The Morgan fingerprint density at radius 1 is 1.38 bits per heavy atom. The molecule has 1 amide bonds. The van der Waals surface area contributed by atoms with Gasteiger partial charge in [-0.1, -0.05) is 11.6 Å². The lowest BCUT2D eigenvalue weighted by molar-refractivity contribution is -0.263. The van der Waals surface area contributed by atoms with E-state index in [-0.39, 0.29) is 34.2 Å². The molecule has 0 unspecified atom stereocenters. The zero-order valence-corrected chi connectivity index (χ0v) is 15.7. The minimum atomic E-state index is -5.17. The van der Waals surface area contributed by atoms with Crippen molar-refractivity contribution in [3.8, 4) is 17.0 Å². The van der Waals surface area contributed by atoms with E-state index >= 15 is 0 Å². The molecule has 0 saturated carbocycles. The molecule has 2 heterocycles. The van der Waals surface area contributed by atoms with Crippen molar-refractivity contribution < 1.29 is 32.2 Å². The highest BCUT2D eigenvalue weighted by atomic mass is 35.5. The van der Waals surface area contributed by atoms with Gasteiger partial charge in [0.25, 0.3) is 0 Å². The second-order valence-electron chi connectivity index (χ2n) is 6.90. The highest BCUT2D eigenvalue weighted by Gasteiger charge is 2.56. The first-order valence-corrected chi connectivity index (χ1v) is 8.66. The predicted molar refractivity (Wildman–Crippen MR) is 95.7 cm³/mol. The average Bonchev–Trinajstić information content (AvgIpc) is 2.98. The number of aliphatic hydroxyl groups is 1. The number of fused-ring (bicyclic) bond motifs is 1. The molecular formula is C18H16ClF4N3O3. The quantitative estimate of drug-likeness (QED) is 0.641. The van der Waals surface area contributed by atoms with Crippen molar-refractivity contribution in [3.05, 3.63) is 46.4 Å². The Morgan fingerprint density at radius 2 is 2.03 bits per heavy atom. The lowest BCUT2D eigenvalue weighted by Crippen LogP contribution is -2.49. The fourth-order valence-corrected chi connectivity index (χ4v) is 3.29. The van der Waals surface area contributed by atoms with E-state index in [0.29, 0.717) is 0 Å². The third-order valence-corrected chi connectivity index (χ3v) is 5.30. The van der Waals surface area contributed by atoms with Crippen LogP contribution in [0.15, 0.2) is 24.3 Å². The fraction of sp³-hybridized carbons (Fsp3) is 0.333. The van der Waals surface area contributed by atoms with Crippen molar-refractivity contribution in [3.63, 3.8) is 0 Å². The number of alkyl halides is 3. The number of aromatic nitrogens is 1. The number of amides is 1. The van der Waals surface area contributed by atoms with Crippen molar-refractivity contribution in [2.45, 2.75) is 24.1 Å². The van der Waals surface area contributed by atoms with E-state index in [2.05, 4.69) is 4.98 Å². The van der Waals surface area contributed by atoms with Gasteiger partial charge in [-0.25, -0.2) is 9.37 Å². The van der Waals surface area contributed by atoms with Crippen molar-refractivity contribution in [2.24, 2.45) is 11.5 Å². The van der Waals surface area contributed by atoms with E-state index < -0.39 is 41.2 Å². The average molecular weight is 434 g/mol. The van der Waals surface area contributed by atoms with Gasteiger partial charge in [-0.15, -0.1) is 0 Å². The minimum Gasteiger partial charge on any atom is -0.489 e. The number of carbonyl (C=O) groups excluding carboxylic acids is 1. The van der Waals surface area contributed by atoms with Gasteiger partial charge in [-0.3, -0.25) is 4.79 Å². The minimum absolute atomic E-state index is 0.0125. The Kier molecular flexibility index (Phi) is 5.01. The number of nitrogens with two attached hydrogens (primary N) is 2. The van der Waals surface area contributed by atoms with Gasteiger partial charge in [0.1, 0.15) is 29.3 Å². The first kappa shape index (κ1) is 21.3. The van der Waals surface area contributed by atoms with Crippen molar-refractivity contribution in [2.75, 3.05) is 13.2 Å². The lowest BCUT2D eigenvalue weighted by Gasteiger charge is -2.30. The first-order valence-electron chi connectivity index (χ1n) is 8.28. The summed E-state index contributed by atoms with van der Waals surface area (Å²) in [7, 11) is 0. The van der Waals surface area contributed by atoms with Crippen molar-refractivity contribution in [1.82, 2.24) is 4.98 Å². The molecule has 0 fully saturated rings. The molecular weight excluding hydrogens is 418 g/mol. The number of primary amides is 1. The largest absolute Gasteiger partial charge is 0.489 e. The monoisotopic (exact) mass is 433 g/mol. The summed E-state index contributed by atoms with van der Waals surface area (Å²) in [6.07, 6.45) is -5.17. The SMILES string of the molecule is C[C@]1(C(N)=O)COc2c1cc([C@@](O)(CN)C(F)(F)F)nc2-c1ccc(F)cc1Cl. The summed E-state index contributed by atoms with van der Waals surface area (Å²) < 4.78 is 59.7. The second-order valence-corrected chi connectivity index (χ2v) is 7.31. The molecule has 1 aromatic carbocycles. The molecule has 0 saturated heterocycles. The normalized spacial score (nSPS) is 20.7.